The number of hydrogen-bond donors (Lipinski definition) is 16. The molecule has 0 spiro atoms. The van der Waals surface area contributed by atoms with E-state index in [0.29, 0.717) is 43.4 Å². The first kappa shape index (κ1) is 77.1. The lowest BCUT2D eigenvalue weighted by Crippen LogP contribution is -2.59. The van der Waals surface area contributed by atoms with Crippen LogP contribution in [0.5, 0.6) is 0 Å². The Morgan fingerprint density at radius 1 is 0.564 bits per heavy atom. The van der Waals surface area contributed by atoms with E-state index in [0.717, 1.165) is 0 Å². The summed E-state index contributed by atoms with van der Waals surface area (Å²) in [7, 11) is 0. The van der Waals surface area contributed by atoms with Crippen LogP contribution in [0.2, 0.25) is 0 Å². The number of carbonyl (C=O) groups excluding carboxylic acids is 12. The van der Waals surface area contributed by atoms with Gasteiger partial charge in [-0.05, 0) is 108 Å². The zero-order valence-electron chi connectivity index (χ0n) is 53.8. The molecule has 12 amide bonds. The first-order chi connectivity index (χ1) is 44.6. The summed E-state index contributed by atoms with van der Waals surface area (Å²) in [6, 6.07) is 3.40. The summed E-state index contributed by atoms with van der Waals surface area (Å²) in [6.45, 7) is 5.55. The molecule has 2 aliphatic rings. The van der Waals surface area contributed by atoms with Crippen molar-refractivity contribution in [2.24, 2.45) is 39.6 Å². The lowest BCUT2D eigenvalue weighted by atomic mass is 10.0. The summed E-state index contributed by atoms with van der Waals surface area (Å²) >= 11 is 0. The standard InChI is InChI=1S/C62H95N17O15/c1-35(2)30-44(51(65)84)76-57(90)41(20-11-12-26-63)74-56(89)42(21-13-27-68-62(66)67)75-58(91)46(32-39-18-9-6-10-19-39)72-49(81)33-69-54(87)45(31-38-16-7-5-8-17-38)77-52(85)36(3)70-59(92)47-22-14-28-78(47)61(94)48-23-15-29-79(48)60(93)37(4)71-55(88)43(24-25-50(82)83)73-53(86)40(64)34-80/h5-10,16-19,35-37,40-48,80H,11-15,20-34,63-64H2,1-4H3,(H2,65,84)(H,69,87)(H,70,92)(H,71,88)(H,72,81)(H,73,86)(H,74,89)(H,75,91)(H,76,90)(H,77,85)(H,82,83)(H4,66,67,68)/t36-,37-,40-,41-,42-,43-,44-,45-,46-,47-,48-/m0/s1. The number of likely N-dealkylation sites (tertiary alicyclic amines) is 2. The molecule has 94 heavy (non-hydrogen) atoms. The number of aliphatic imine (C=N–C) groups is 1. The molecule has 518 valence electrons. The van der Waals surface area contributed by atoms with Gasteiger partial charge in [-0.15, -0.1) is 0 Å². The number of nitrogens with two attached hydrogens (primary N) is 5. The van der Waals surface area contributed by atoms with Crippen molar-refractivity contribution >= 4 is 82.8 Å². The number of primary amides is 1. The Kier molecular flexibility index (Phi) is 32.2. The Morgan fingerprint density at radius 3 is 1.61 bits per heavy atom. The number of aliphatic hydroxyl groups excluding tert-OH is 1. The quantitative estimate of drug-likeness (QED) is 0.0170. The van der Waals surface area contributed by atoms with Gasteiger partial charge in [-0.2, -0.15) is 0 Å². The minimum atomic E-state index is -1.43. The molecule has 0 aliphatic carbocycles. The summed E-state index contributed by atoms with van der Waals surface area (Å²) in [5, 5.41) is 41.8. The molecule has 0 aromatic heterocycles. The monoisotopic (exact) mass is 1320 g/mol. The Morgan fingerprint density at radius 2 is 1.06 bits per heavy atom. The molecule has 4 rings (SSSR count). The third-order valence-electron chi connectivity index (χ3n) is 15.8. The smallest absolute Gasteiger partial charge is 0.303 e. The number of amides is 12. The van der Waals surface area contributed by atoms with Gasteiger partial charge < -0.3 is 96.5 Å². The summed E-state index contributed by atoms with van der Waals surface area (Å²) in [4.78, 5) is 182. The van der Waals surface area contributed by atoms with Crippen LogP contribution in [0.15, 0.2) is 65.7 Å². The predicted octanol–water partition coefficient (Wildman–Crippen LogP) is -4.61. The fourth-order valence-electron chi connectivity index (χ4n) is 10.7. The normalized spacial score (nSPS) is 17.2. The van der Waals surface area contributed by atoms with Crippen LogP contribution in [0, 0.1) is 5.92 Å². The van der Waals surface area contributed by atoms with Gasteiger partial charge in [0.05, 0.1) is 13.2 Å². The highest BCUT2D eigenvalue weighted by atomic mass is 16.4. The molecule has 0 radical (unpaired) electrons. The van der Waals surface area contributed by atoms with Crippen molar-refractivity contribution in [2.45, 2.75) is 184 Å². The molecule has 2 heterocycles. The van der Waals surface area contributed by atoms with Gasteiger partial charge in [-0.1, -0.05) is 74.5 Å². The minimum absolute atomic E-state index is 0.0216. The maximum absolute atomic E-state index is 14.4. The second kappa shape index (κ2) is 39.3. The van der Waals surface area contributed by atoms with Crippen LogP contribution in [0.25, 0.3) is 0 Å². The first-order valence-corrected chi connectivity index (χ1v) is 31.7. The lowest BCUT2D eigenvalue weighted by Gasteiger charge is -2.33. The Labute approximate surface area is 545 Å². The molecule has 0 bridgehead atoms. The van der Waals surface area contributed by atoms with Crippen LogP contribution in [0.4, 0.5) is 0 Å². The van der Waals surface area contributed by atoms with Gasteiger partial charge in [-0.25, -0.2) is 0 Å². The zero-order chi connectivity index (χ0) is 69.6. The predicted molar refractivity (Wildman–Crippen MR) is 343 cm³/mol. The molecule has 0 unspecified atom stereocenters. The second-order valence-electron chi connectivity index (χ2n) is 23.8. The van der Waals surface area contributed by atoms with E-state index in [4.69, 9.17) is 28.7 Å². The van der Waals surface area contributed by atoms with Crippen LogP contribution in [-0.4, -0.2) is 209 Å². The number of carbonyl (C=O) groups is 13. The highest BCUT2D eigenvalue weighted by Gasteiger charge is 2.44. The molecule has 21 N–H and O–H groups in total. The van der Waals surface area contributed by atoms with E-state index in [9.17, 15) is 72.5 Å². The van der Waals surface area contributed by atoms with Gasteiger partial charge >= 0.3 is 5.97 Å². The third-order valence-corrected chi connectivity index (χ3v) is 15.8. The van der Waals surface area contributed by atoms with Crippen molar-refractivity contribution in [1.82, 2.24) is 57.7 Å². The highest BCUT2D eigenvalue weighted by Crippen LogP contribution is 2.26. The number of carboxylic acids is 1. The van der Waals surface area contributed by atoms with Gasteiger partial charge in [0, 0.05) is 38.9 Å². The molecule has 32 nitrogen and oxygen atoms in total. The van der Waals surface area contributed by atoms with Crippen LogP contribution in [-0.2, 0) is 75.2 Å². The van der Waals surface area contributed by atoms with Crippen LogP contribution in [0.3, 0.4) is 0 Å². The number of nitrogens with zero attached hydrogens (tertiary/aromatic N) is 3. The number of nitrogens with one attached hydrogen (secondary N) is 9. The van der Waals surface area contributed by atoms with Gasteiger partial charge in [0.25, 0.3) is 0 Å². The SMILES string of the molecule is CC(C)C[C@H](NC(=O)[C@H](CCCCN)NC(=O)[C@H](CCCN=C(N)N)NC(=O)[C@H](Cc1ccccc1)NC(=O)CNC(=O)[C@H](Cc1ccccc1)NC(=O)[C@H](C)NC(=O)[C@@H]1CCCN1C(=O)[C@@H]1CCCN1C(=O)[C@H](C)NC(=O)[C@H](CCC(=O)O)NC(=O)[C@@H](N)CO)C(N)=O. The fourth-order valence-corrected chi connectivity index (χ4v) is 10.7. The zero-order valence-corrected chi connectivity index (χ0v) is 53.8. The molecule has 2 aromatic carbocycles. The number of aliphatic carboxylic acids is 1. The van der Waals surface area contributed by atoms with Crippen molar-refractivity contribution in [1.29, 1.82) is 0 Å². The maximum atomic E-state index is 14.4. The molecule has 0 saturated carbocycles. The van der Waals surface area contributed by atoms with Crippen molar-refractivity contribution < 1.29 is 72.5 Å². The Hall–Kier alpha value is -9.30. The summed E-state index contributed by atoms with van der Waals surface area (Å²) in [6.07, 6.45) is 1.51. The Bertz CT molecular complexity index is 2960. The summed E-state index contributed by atoms with van der Waals surface area (Å²) in [5.41, 5.74) is 29.2. The van der Waals surface area contributed by atoms with E-state index in [1.54, 1.807) is 60.7 Å². The first-order valence-electron chi connectivity index (χ1n) is 31.7. The number of benzene rings is 2. The molecule has 2 saturated heterocycles. The van der Waals surface area contributed by atoms with Crippen LogP contribution in [0.1, 0.15) is 116 Å². The van der Waals surface area contributed by atoms with Gasteiger partial charge in [0.15, 0.2) is 5.96 Å². The average Bonchev–Trinajstić information content (AvgIpc) is 1.63. The number of carboxylic acid groups (broad SMARTS) is 1. The molecular weight excluding hydrogens is 1220 g/mol. The molecule has 11 atom stereocenters. The number of unbranched alkanes of at least 4 members (excludes halogenated alkanes) is 1. The van der Waals surface area contributed by atoms with E-state index < -0.39 is 163 Å². The van der Waals surface area contributed by atoms with Gasteiger partial charge in [0.1, 0.15) is 66.5 Å². The average molecular weight is 1320 g/mol. The van der Waals surface area contributed by atoms with Crippen LogP contribution < -0.4 is 76.5 Å². The lowest BCUT2D eigenvalue weighted by molar-refractivity contribution is -0.148. The number of rotatable bonds is 39. The van der Waals surface area contributed by atoms with Crippen LogP contribution >= 0.6 is 0 Å². The van der Waals surface area contributed by atoms with Gasteiger partial charge in [0.2, 0.25) is 70.9 Å². The highest BCUT2D eigenvalue weighted by molar-refractivity contribution is 5.99. The topological polar surface area (TPSA) is 520 Å². The van der Waals surface area contributed by atoms with Crippen molar-refractivity contribution in [3.05, 3.63) is 71.8 Å². The molecular formula is C62H95N17O15. The fraction of sp³-hybridized carbons (Fsp3) is 0.581. The second-order valence-corrected chi connectivity index (χ2v) is 23.8. The van der Waals surface area contributed by atoms with E-state index in [-0.39, 0.29) is 89.3 Å². The molecule has 32 heteroatoms. The molecule has 2 aliphatic heterocycles. The molecule has 2 fully saturated rings. The van der Waals surface area contributed by atoms with E-state index >= 15 is 0 Å². The van der Waals surface area contributed by atoms with Crippen molar-refractivity contribution in [3.8, 4) is 0 Å². The maximum Gasteiger partial charge on any atom is 0.303 e. The number of guanidine groups is 1. The summed E-state index contributed by atoms with van der Waals surface area (Å²) < 4.78 is 0. The van der Waals surface area contributed by atoms with Crippen molar-refractivity contribution in [3.63, 3.8) is 0 Å². The number of hydrogen-bond acceptors (Lipinski definition) is 17. The van der Waals surface area contributed by atoms with Crippen molar-refractivity contribution in [2.75, 3.05) is 39.3 Å². The summed E-state index contributed by atoms with van der Waals surface area (Å²) in [5.74, 6) is -10.8. The number of aliphatic hydroxyl groups is 1. The van der Waals surface area contributed by atoms with E-state index in [2.05, 4.69) is 52.8 Å². The largest absolute Gasteiger partial charge is 0.481 e. The van der Waals surface area contributed by atoms with Gasteiger partial charge in [-0.3, -0.25) is 67.3 Å². The van der Waals surface area contributed by atoms with E-state index in [1.807, 2.05) is 13.8 Å². The minimum Gasteiger partial charge on any atom is -0.481 e. The molecule has 2 aromatic rings. The third kappa shape index (κ3) is 25.7. The van der Waals surface area contributed by atoms with E-state index in [1.165, 1.54) is 23.6 Å². The Balaban J connectivity index is 1.47.